The maximum atomic E-state index is 12.7. The highest BCUT2D eigenvalue weighted by molar-refractivity contribution is 7.11. The molecule has 0 aliphatic carbocycles. The standard InChI is InChI=1S/C12H19F2NS/c1-3-7-15-11(12(13)14)8-10-6-5-9(4-2)16-10/h5-6,11-12,15H,3-4,7-8H2,1-2H3. The van der Waals surface area contributed by atoms with Crippen molar-refractivity contribution >= 4 is 11.3 Å². The summed E-state index contributed by atoms with van der Waals surface area (Å²) < 4.78 is 25.5. The Morgan fingerprint density at radius 3 is 2.44 bits per heavy atom. The molecule has 0 saturated carbocycles. The van der Waals surface area contributed by atoms with E-state index in [9.17, 15) is 8.78 Å². The molecule has 1 aromatic heterocycles. The molecule has 0 radical (unpaired) electrons. The van der Waals surface area contributed by atoms with Crippen LogP contribution in [0.2, 0.25) is 0 Å². The molecular formula is C12H19F2NS. The normalized spacial score (nSPS) is 13.3. The predicted molar refractivity (Wildman–Crippen MR) is 65.5 cm³/mol. The molecule has 1 unspecified atom stereocenters. The minimum Gasteiger partial charge on any atom is -0.309 e. The average Bonchev–Trinajstić information content (AvgIpc) is 2.71. The summed E-state index contributed by atoms with van der Waals surface area (Å²) in [5.41, 5.74) is 0. The van der Waals surface area contributed by atoms with E-state index < -0.39 is 12.5 Å². The Labute approximate surface area is 99.9 Å². The molecule has 4 heteroatoms. The molecule has 0 saturated heterocycles. The molecule has 1 heterocycles. The molecule has 1 atom stereocenters. The van der Waals surface area contributed by atoms with Crippen molar-refractivity contribution in [2.45, 2.75) is 45.6 Å². The third kappa shape index (κ3) is 4.18. The SMILES string of the molecule is CCCNC(Cc1ccc(CC)s1)C(F)F. The van der Waals surface area contributed by atoms with E-state index in [0.29, 0.717) is 13.0 Å². The number of aryl methyl sites for hydroxylation is 1. The first-order valence-corrected chi connectivity index (χ1v) is 6.58. The van der Waals surface area contributed by atoms with Gasteiger partial charge in [0, 0.05) is 16.2 Å². The highest BCUT2D eigenvalue weighted by Gasteiger charge is 2.20. The van der Waals surface area contributed by atoms with Gasteiger partial charge in [-0.15, -0.1) is 11.3 Å². The van der Waals surface area contributed by atoms with Gasteiger partial charge in [-0.1, -0.05) is 13.8 Å². The summed E-state index contributed by atoms with van der Waals surface area (Å²) >= 11 is 1.64. The van der Waals surface area contributed by atoms with Gasteiger partial charge in [-0.2, -0.15) is 0 Å². The Morgan fingerprint density at radius 2 is 1.94 bits per heavy atom. The maximum absolute atomic E-state index is 12.7. The number of hydrogen-bond donors (Lipinski definition) is 1. The second-order valence-corrected chi connectivity index (χ2v) is 5.07. The van der Waals surface area contributed by atoms with Gasteiger partial charge in [0.05, 0.1) is 6.04 Å². The summed E-state index contributed by atoms with van der Waals surface area (Å²) in [5, 5.41) is 2.90. The van der Waals surface area contributed by atoms with E-state index in [2.05, 4.69) is 12.2 Å². The fourth-order valence-corrected chi connectivity index (χ4v) is 2.54. The summed E-state index contributed by atoms with van der Waals surface area (Å²) in [6.45, 7) is 4.71. The van der Waals surface area contributed by atoms with Crippen molar-refractivity contribution in [1.82, 2.24) is 5.32 Å². The van der Waals surface area contributed by atoms with Crippen LogP contribution < -0.4 is 5.32 Å². The molecule has 0 amide bonds. The van der Waals surface area contributed by atoms with Gasteiger partial charge in [-0.05, 0) is 31.5 Å². The van der Waals surface area contributed by atoms with Crippen molar-refractivity contribution in [3.05, 3.63) is 21.9 Å². The Balaban J connectivity index is 2.53. The van der Waals surface area contributed by atoms with Crippen molar-refractivity contribution in [2.24, 2.45) is 0 Å². The van der Waals surface area contributed by atoms with Crippen LogP contribution in [-0.2, 0) is 12.8 Å². The van der Waals surface area contributed by atoms with Gasteiger partial charge < -0.3 is 5.32 Å². The summed E-state index contributed by atoms with van der Waals surface area (Å²) in [6.07, 6.45) is 0.00140. The van der Waals surface area contributed by atoms with E-state index in [1.54, 1.807) is 11.3 Å². The van der Waals surface area contributed by atoms with Crippen LogP contribution in [-0.4, -0.2) is 19.0 Å². The molecule has 0 spiro atoms. The highest BCUT2D eigenvalue weighted by Crippen LogP contribution is 2.20. The predicted octanol–water partition coefficient (Wildman–Crippen LogP) is 3.49. The van der Waals surface area contributed by atoms with Gasteiger partial charge >= 0.3 is 0 Å². The monoisotopic (exact) mass is 247 g/mol. The van der Waals surface area contributed by atoms with Gasteiger partial charge in [0.2, 0.25) is 0 Å². The number of nitrogens with one attached hydrogen (secondary N) is 1. The fourth-order valence-electron chi connectivity index (χ4n) is 1.52. The van der Waals surface area contributed by atoms with E-state index in [0.717, 1.165) is 17.7 Å². The molecule has 0 bridgehead atoms. The second kappa shape index (κ2) is 6.97. The first-order chi connectivity index (χ1) is 7.67. The first kappa shape index (κ1) is 13.6. The van der Waals surface area contributed by atoms with Gasteiger partial charge in [0.1, 0.15) is 0 Å². The van der Waals surface area contributed by atoms with Crippen molar-refractivity contribution in [3.8, 4) is 0 Å². The summed E-state index contributed by atoms with van der Waals surface area (Å²) in [7, 11) is 0. The molecule has 16 heavy (non-hydrogen) atoms. The van der Waals surface area contributed by atoms with Gasteiger partial charge in [-0.3, -0.25) is 0 Å². The lowest BCUT2D eigenvalue weighted by molar-refractivity contribution is 0.0986. The number of halogens is 2. The van der Waals surface area contributed by atoms with Crippen molar-refractivity contribution in [3.63, 3.8) is 0 Å². The van der Waals surface area contributed by atoms with Crippen LogP contribution in [0.25, 0.3) is 0 Å². The molecule has 0 aromatic carbocycles. The molecule has 1 rings (SSSR count). The van der Waals surface area contributed by atoms with Crippen LogP contribution in [0.5, 0.6) is 0 Å². The summed E-state index contributed by atoms with van der Waals surface area (Å²) in [4.78, 5) is 2.31. The molecule has 1 nitrogen and oxygen atoms in total. The Bertz CT molecular complexity index is 299. The lowest BCUT2D eigenvalue weighted by Crippen LogP contribution is -2.37. The minimum atomic E-state index is -2.29. The first-order valence-electron chi connectivity index (χ1n) is 5.76. The highest BCUT2D eigenvalue weighted by atomic mass is 32.1. The topological polar surface area (TPSA) is 12.0 Å². The maximum Gasteiger partial charge on any atom is 0.254 e. The molecule has 1 aromatic rings. The zero-order chi connectivity index (χ0) is 12.0. The molecule has 92 valence electrons. The molecule has 1 N–H and O–H groups in total. The third-order valence-corrected chi connectivity index (χ3v) is 3.70. The van der Waals surface area contributed by atoms with E-state index in [4.69, 9.17) is 0 Å². The van der Waals surface area contributed by atoms with Crippen LogP contribution in [0, 0.1) is 0 Å². The average molecular weight is 247 g/mol. The largest absolute Gasteiger partial charge is 0.309 e. The number of hydrogen-bond acceptors (Lipinski definition) is 2. The number of rotatable bonds is 7. The van der Waals surface area contributed by atoms with Crippen LogP contribution in [0.3, 0.4) is 0 Å². The van der Waals surface area contributed by atoms with Gasteiger partial charge in [0.15, 0.2) is 0 Å². The fraction of sp³-hybridized carbons (Fsp3) is 0.667. The zero-order valence-corrected chi connectivity index (χ0v) is 10.6. The van der Waals surface area contributed by atoms with Crippen molar-refractivity contribution in [1.29, 1.82) is 0 Å². The number of thiophene rings is 1. The van der Waals surface area contributed by atoms with Crippen LogP contribution >= 0.6 is 11.3 Å². The molecule has 0 aliphatic heterocycles. The molecule has 0 fully saturated rings. The lowest BCUT2D eigenvalue weighted by Gasteiger charge is -2.16. The second-order valence-electron chi connectivity index (χ2n) is 3.82. The lowest BCUT2D eigenvalue weighted by atomic mass is 10.2. The summed E-state index contributed by atoms with van der Waals surface area (Å²) in [5.74, 6) is 0. The van der Waals surface area contributed by atoms with Gasteiger partial charge in [0.25, 0.3) is 6.43 Å². The van der Waals surface area contributed by atoms with Crippen LogP contribution in [0.15, 0.2) is 12.1 Å². The Morgan fingerprint density at radius 1 is 1.25 bits per heavy atom. The van der Waals surface area contributed by atoms with Crippen LogP contribution in [0.4, 0.5) is 8.78 Å². The smallest absolute Gasteiger partial charge is 0.254 e. The van der Waals surface area contributed by atoms with Crippen LogP contribution in [0.1, 0.15) is 30.0 Å². The minimum absolute atomic E-state index is 0.433. The molecule has 0 aliphatic rings. The quantitative estimate of drug-likeness (QED) is 0.777. The van der Waals surface area contributed by atoms with Gasteiger partial charge in [-0.25, -0.2) is 8.78 Å². The van der Waals surface area contributed by atoms with Crippen molar-refractivity contribution in [2.75, 3.05) is 6.54 Å². The van der Waals surface area contributed by atoms with E-state index in [-0.39, 0.29) is 0 Å². The third-order valence-electron chi connectivity index (χ3n) is 2.45. The van der Waals surface area contributed by atoms with E-state index in [1.165, 1.54) is 4.88 Å². The van der Waals surface area contributed by atoms with E-state index >= 15 is 0 Å². The Kier molecular flexibility index (Phi) is 5.91. The summed E-state index contributed by atoms with van der Waals surface area (Å²) in [6, 6.07) is 3.29. The number of alkyl halides is 2. The van der Waals surface area contributed by atoms with Crippen molar-refractivity contribution < 1.29 is 8.78 Å². The zero-order valence-electron chi connectivity index (χ0n) is 9.80. The molecular weight excluding hydrogens is 228 g/mol. The Hall–Kier alpha value is -0.480. The van der Waals surface area contributed by atoms with E-state index in [1.807, 2.05) is 19.1 Å².